The van der Waals surface area contributed by atoms with E-state index >= 15 is 0 Å². The van der Waals surface area contributed by atoms with Crippen LogP contribution in [0.2, 0.25) is 0 Å². The van der Waals surface area contributed by atoms with Gasteiger partial charge in [-0.15, -0.1) is 0 Å². The van der Waals surface area contributed by atoms with E-state index in [2.05, 4.69) is 15.9 Å². The Bertz CT molecular complexity index is 1410. The van der Waals surface area contributed by atoms with Crippen LogP contribution >= 0.6 is 15.9 Å². The predicted molar refractivity (Wildman–Crippen MR) is 131 cm³/mol. The van der Waals surface area contributed by atoms with Crippen molar-refractivity contribution in [3.63, 3.8) is 0 Å². The minimum Gasteiger partial charge on any atom is -0.459 e. The lowest BCUT2D eigenvalue weighted by molar-refractivity contribution is -0.126. The van der Waals surface area contributed by atoms with Crippen LogP contribution in [-0.2, 0) is 14.4 Å². The number of anilines is 2. The Balaban J connectivity index is 1.41. The first-order valence-electron chi connectivity index (χ1n) is 11.0. The van der Waals surface area contributed by atoms with Crippen LogP contribution < -0.4 is 9.96 Å². The third-order valence-electron chi connectivity index (χ3n) is 6.26. The maximum atomic E-state index is 13.6. The molecule has 6 nitrogen and oxygen atoms in total. The molecule has 3 heterocycles. The normalized spacial score (nSPS) is 21.6. The molecule has 6 rings (SSSR count). The van der Waals surface area contributed by atoms with E-state index in [4.69, 9.17) is 9.25 Å². The third kappa shape index (κ3) is 3.66. The van der Waals surface area contributed by atoms with Gasteiger partial charge in [0.15, 0.2) is 6.10 Å². The summed E-state index contributed by atoms with van der Waals surface area (Å²) in [6.07, 6.45) is -1.03. The lowest BCUT2D eigenvalue weighted by Crippen LogP contribution is -2.37. The molecule has 2 aliphatic rings. The van der Waals surface area contributed by atoms with Crippen molar-refractivity contribution in [1.82, 2.24) is 0 Å². The number of imide groups is 1. The summed E-state index contributed by atoms with van der Waals surface area (Å²) >= 11 is 3.43. The van der Waals surface area contributed by atoms with E-state index in [0.717, 1.165) is 14.9 Å². The lowest BCUT2D eigenvalue weighted by Gasteiger charge is -2.27. The predicted octanol–water partition coefficient (Wildman–Crippen LogP) is 5.90. The van der Waals surface area contributed by atoms with Crippen molar-refractivity contribution in [2.24, 2.45) is 5.92 Å². The highest BCUT2D eigenvalue weighted by molar-refractivity contribution is 9.10. The standard InChI is InChI=1S/C27H18BrFN2O4/c28-17-8-6-16(7-9-17)21-14-15-22(34-21)24-23-25(35-31(24)20-4-2-1-3-5-20)27(33)30(26(23)32)19-12-10-18(29)11-13-19/h1-15,23-25H/t23-,24-,25-/m1/s1. The Kier molecular flexibility index (Phi) is 5.27. The van der Waals surface area contributed by atoms with Gasteiger partial charge in [-0.05, 0) is 60.7 Å². The number of amides is 2. The van der Waals surface area contributed by atoms with E-state index in [1.54, 1.807) is 5.06 Å². The van der Waals surface area contributed by atoms with Crippen molar-refractivity contribution >= 4 is 39.1 Å². The Labute approximate surface area is 208 Å². The number of furan rings is 1. The van der Waals surface area contributed by atoms with E-state index in [9.17, 15) is 14.0 Å². The maximum absolute atomic E-state index is 13.6. The minimum absolute atomic E-state index is 0.305. The van der Waals surface area contributed by atoms with Gasteiger partial charge >= 0.3 is 0 Å². The molecule has 4 aromatic rings. The summed E-state index contributed by atoms with van der Waals surface area (Å²) in [5.41, 5.74) is 1.88. The van der Waals surface area contributed by atoms with E-state index in [1.165, 1.54) is 24.3 Å². The van der Waals surface area contributed by atoms with Crippen LogP contribution in [0.25, 0.3) is 11.3 Å². The first-order valence-corrected chi connectivity index (χ1v) is 11.8. The van der Waals surface area contributed by atoms with Crippen molar-refractivity contribution in [3.05, 3.63) is 107 Å². The fourth-order valence-corrected chi connectivity index (χ4v) is 4.89. The summed E-state index contributed by atoms with van der Waals surface area (Å²) in [5, 5.41) is 1.58. The van der Waals surface area contributed by atoms with Gasteiger partial charge in [0.05, 0.1) is 11.4 Å². The van der Waals surface area contributed by atoms with Gasteiger partial charge in [0, 0.05) is 10.0 Å². The molecule has 0 N–H and O–H groups in total. The summed E-state index contributed by atoms with van der Waals surface area (Å²) in [4.78, 5) is 34.1. The van der Waals surface area contributed by atoms with Gasteiger partial charge in [0.2, 0.25) is 5.91 Å². The van der Waals surface area contributed by atoms with Gasteiger partial charge in [-0.3, -0.25) is 14.4 Å². The molecule has 2 saturated heterocycles. The van der Waals surface area contributed by atoms with Crippen molar-refractivity contribution < 1.29 is 23.2 Å². The van der Waals surface area contributed by atoms with E-state index < -0.39 is 35.7 Å². The zero-order chi connectivity index (χ0) is 24.1. The molecule has 0 radical (unpaired) electrons. The van der Waals surface area contributed by atoms with Crippen LogP contribution in [-0.4, -0.2) is 17.9 Å². The Morgan fingerprint density at radius 2 is 1.49 bits per heavy atom. The van der Waals surface area contributed by atoms with Crippen LogP contribution in [0.3, 0.4) is 0 Å². The highest BCUT2D eigenvalue weighted by Gasteiger charge is 2.61. The summed E-state index contributed by atoms with van der Waals surface area (Å²) in [5.74, 6) is -1.06. The number of fused-ring (bicyclic) bond motifs is 1. The average Bonchev–Trinajstić information content (AvgIpc) is 3.56. The molecule has 3 aromatic carbocycles. The summed E-state index contributed by atoms with van der Waals surface area (Å²) in [7, 11) is 0. The SMILES string of the molecule is O=C1[C@@H]2[C@@H](c3ccc(-c4ccc(Br)cc4)o3)N(c3ccccc3)O[C@H]2C(=O)N1c1ccc(F)cc1. The lowest BCUT2D eigenvalue weighted by atomic mass is 9.94. The van der Waals surface area contributed by atoms with Crippen LogP contribution in [0, 0.1) is 11.7 Å². The van der Waals surface area contributed by atoms with Crippen molar-refractivity contribution in [2.45, 2.75) is 12.1 Å². The molecule has 174 valence electrons. The van der Waals surface area contributed by atoms with Gasteiger partial charge in [0.1, 0.15) is 29.3 Å². The first-order chi connectivity index (χ1) is 17.0. The molecule has 0 unspecified atom stereocenters. The first kappa shape index (κ1) is 21.8. The number of halogens is 2. The Morgan fingerprint density at radius 3 is 2.20 bits per heavy atom. The molecule has 1 aromatic heterocycles. The highest BCUT2D eigenvalue weighted by atomic mass is 79.9. The van der Waals surface area contributed by atoms with Crippen LogP contribution in [0.5, 0.6) is 0 Å². The quantitative estimate of drug-likeness (QED) is 0.306. The fraction of sp³-hybridized carbons (Fsp3) is 0.111. The van der Waals surface area contributed by atoms with Gasteiger partial charge in [-0.25, -0.2) is 14.4 Å². The molecule has 0 aliphatic carbocycles. The topological polar surface area (TPSA) is 63.0 Å². The van der Waals surface area contributed by atoms with Gasteiger partial charge in [-0.2, -0.15) is 0 Å². The molecule has 2 amide bonds. The number of rotatable bonds is 4. The second-order valence-electron chi connectivity index (χ2n) is 8.36. The molecule has 2 aliphatic heterocycles. The monoisotopic (exact) mass is 532 g/mol. The summed E-state index contributed by atoms with van der Waals surface area (Å²) in [6.45, 7) is 0. The molecular weight excluding hydrogens is 515 g/mol. The number of hydrogen-bond donors (Lipinski definition) is 0. The number of hydrogen-bond acceptors (Lipinski definition) is 5. The molecule has 0 saturated carbocycles. The molecule has 0 spiro atoms. The van der Waals surface area contributed by atoms with E-state index in [-0.39, 0.29) is 0 Å². The van der Waals surface area contributed by atoms with Gasteiger partial charge < -0.3 is 4.42 Å². The summed E-state index contributed by atoms with van der Waals surface area (Å²) in [6, 6.07) is 25.2. The zero-order valence-corrected chi connectivity index (χ0v) is 19.8. The fourth-order valence-electron chi connectivity index (χ4n) is 4.63. The molecular formula is C27H18BrFN2O4. The minimum atomic E-state index is -1.03. The van der Waals surface area contributed by atoms with Gasteiger partial charge in [-0.1, -0.05) is 46.3 Å². The summed E-state index contributed by atoms with van der Waals surface area (Å²) < 4.78 is 20.6. The smallest absolute Gasteiger partial charge is 0.266 e. The Hall–Kier alpha value is -3.75. The van der Waals surface area contributed by atoms with Crippen molar-refractivity contribution in [3.8, 4) is 11.3 Å². The second-order valence-corrected chi connectivity index (χ2v) is 9.27. The number of carbonyl (C=O) groups is 2. The number of para-hydroxylation sites is 1. The largest absolute Gasteiger partial charge is 0.459 e. The van der Waals surface area contributed by atoms with E-state index in [1.807, 2.05) is 66.7 Å². The number of nitrogens with zero attached hydrogens (tertiary/aromatic N) is 2. The number of benzene rings is 3. The van der Waals surface area contributed by atoms with E-state index in [0.29, 0.717) is 22.9 Å². The van der Waals surface area contributed by atoms with Crippen LogP contribution in [0.4, 0.5) is 15.8 Å². The van der Waals surface area contributed by atoms with Crippen molar-refractivity contribution in [1.29, 1.82) is 0 Å². The van der Waals surface area contributed by atoms with Gasteiger partial charge in [0.25, 0.3) is 5.91 Å². The molecule has 35 heavy (non-hydrogen) atoms. The molecule has 0 bridgehead atoms. The zero-order valence-electron chi connectivity index (χ0n) is 18.2. The second kappa shape index (κ2) is 8.48. The van der Waals surface area contributed by atoms with Crippen LogP contribution in [0.1, 0.15) is 11.8 Å². The molecule has 2 fully saturated rings. The molecule has 8 heteroatoms. The maximum Gasteiger partial charge on any atom is 0.266 e. The van der Waals surface area contributed by atoms with Crippen LogP contribution in [0.15, 0.2) is 99.9 Å². The number of carbonyl (C=O) groups excluding carboxylic acids is 2. The average molecular weight is 533 g/mol. The molecule has 3 atom stereocenters. The Morgan fingerprint density at radius 1 is 0.771 bits per heavy atom. The third-order valence-corrected chi connectivity index (χ3v) is 6.79. The number of hydroxylamine groups is 1. The highest BCUT2D eigenvalue weighted by Crippen LogP contribution is 2.48. The van der Waals surface area contributed by atoms with Crippen molar-refractivity contribution in [2.75, 3.05) is 9.96 Å².